The van der Waals surface area contributed by atoms with E-state index in [4.69, 9.17) is 0 Å². The smallest absolute Gasteiger partial charge is 0.217 e. The molecule has 0 radical (unpaired) electrons. The molecule has 0 bridgehead atoms. The van der Waals surface area contributed by atoms with Gasteiger partial charge in [-0.05, 0) is 64.1 Å². The molecule has 1 saturated carbocycles. The van der Waals surface area contributed by atoms with Gasteiger partial charge in [-0.1, -0.05) is 12.8 Å². The molecule has 5 fully saturated rings. The Morgan fingerprint density at radius 1 is 0.968 bits per heavy atom. The molecule has 6 unspecified atom stereocenters. The second-order valence-electron chi connectivity index (χ2n) is 10.3. The Hall–Kier alpha value is -0.330. The lowest BCUT2D eigenvalue weighted by molar-refractivity contribution is 0.0543. The zero-order valence-electron chi connectivity index (χ0n) is 18.9. The second-order valence-corrected chi connectivity index (χ2v) is 12.3. The van der Waals surface area contributed by atoms with E-state index in [2.05, 4.69) is 35.8 Å². The molecule has 0 aromatic carbocycles. The van der Waals surface area contributed by atoms with Crippen molar-refractivity contribution in [2.24, 2.45) is 5.92 Å². The lowest BCUT2D eigenvalue weighted by atomic mass is 9.82. The molecule has 0 aromatic heterocycles. The molecule has 5 aliphatic rings. The fraction of sp³-hybridized carbons (Fsp3) is 1.00. The molecule has 4 aliphatic heterocycles. The van der Waals surface area contributed by atoms with Crippen LogP contribution in [0.4, 0.5) is 0 Å². The number of likely N-dealkylation sites (tertiary alicyclic amines) is 1. The number of fused-ring (bicyclic) bond motifs is 1. The summed E-state index contributed by atoms with van der Waals surface area (Å²) in [5.74, 6) is 0.544. The molecule has 4 heterocycles. The van der Waals surface area contributed by atoms with Gasteiger partial charge in [0, 0.05) is 44.8 Å². The molecule has 178 valence electrons. The number of likely N-dealkylation sites (N-methyl/N-ethyl adjacent to an activating group) is 1. The van der Waals surface area contributed by atoms with Crippen molar-refractivity contribution in [1.29, 1.82) is 0 Å². The standard InChI is InChI=1S/C21H41N7O2S/c1-26-21-16(13-23-26)6-5-7-19(21)25-31(29,30)18-14-24-28(15-18)20-12-17(8-9-22-20)27-10-3-2-4-11-27/h16-25H,2-15H2,1H3. The van der Waals surface area contributed by atoms with Gasteiger partial charge in [-0.2, -0.15) is 0 Å². The van der Waals surface area contributed by atoms with E-state index in [1.165, 1.54) is 45.2 Å². The topological polar surface area (TPSA) is 92.0 Å². The molecule has 10 heteroatoms. The number of hydrogen-bond acceptors (Lipinski definition) is 8. The Labute approximate surface area is 187 Å². The van der Waals surface area contributed by atoms with Gasteiger partial charge in [0.05, 0.1) is 6.17 Å². The van der Waals surface area contributed by atoms with Crippen LogP contribution in [-0.2, 0) is 10.0 Å². The van der Waals surface area contributed by atoms with Crippen LogP contribution >= 0.6 is 0 Å². The first kappa shape index (κ1) is 22.5. The molecule has 9 nitrogen and oxygen atoms in total. The third-order valence-electron chi connectivity index (χ3n) is 8.35. The zero-order valence-corrected chi connectivity index (χ0v) is 19.7. The largest absolute Gasteiger partial charge is 0.301 e. The third kappa shape index (κ3) is 4.82. The maximum Gasteiger partial charge on any atom is 0.217 e. The molecule has 0 spiro atoms. The highest BCUT2D eigenvalue weighted by Gasteiger charge is 2.44. The molecule has 4 saturated heterocycles. The molecule has 4 N–H and O–H groups in total. The van der Waals surface area contributed by atoms with Crippen molar-refractivity contribution in [3.8, 4) is 0 Å². The number of nitrogens with one attached hydrogen (secondary N) is 4. The summed E-state index contributed by atoms with van der Waals surface area (Å²) in [7, 11) is -1.33. The van der Waals surface area contributed by atoms with Crippen molar-refractivity contribution in [2.45, 2.75) is 80.9 Å². The highest BCUT2D eigenvalue weighted by atomic mass is 32.2. The van der Waals surface area contributed by atoms with Crippen molar-refractivity contribution >= 4 is 10.0 Å². The molecule has 1 aliphatic carbocycles. The highest BCUT2D eigenvalue weighted by molar-refractivity contribution is 7.90. The minimum absolute atomic E-state index is 0.00841. The number of nitrogens with zero attached hydrogens (tertiary/aromatic N) is 3. The highest BCUT2D eigenvalue weighted by Crippen LogP contribution is 2.31. The fourth-order valence-corrected chi connectivity index (χ4v) is 8.14. The first-order valence-electron chi connectivity index (χ1n) is 12.5. The number of piperidine rings is 2. The van der Waals surface area contributed by atoms with Gasteiger partial charge in [0.15, 0.2) is 0 Å². The van der Waals surface area contributed by atoms with Crippen LogP contribution in [0.3, 0.4) is 0 Å². The lowest BCUT2D eigenvalue weighted by Gasteiger charge is -2.42. The SMILES string of the molecule is CN1NCC2CCCC(NS(=O)(=O)C3CNN(C4CC(N5CCCCC5)CCN4)C3)C21. The van der Waals surface area contributed by atoms with E-state index < -0.39 is 15.3 Å². The predicted octanol–water partition coefficient (Wildman–Crippen LogP) is -0.354. The van der Waals surface area contributed by atoms with Crippen LogP contribution in [0.15, 0.2) is 0 Å². The molecule has 5 rings (SSSR count). The van der Waals surface area contributed by atoms with Crippen LogP contribution in [0.1, 0.15) is 51.4 Å². The van der Waals surface area contributed by atoms with Gasteiger partial charge in [-0.15, -0.1) is 0 Å². The molecular formula is C21H41N7O2S. The van der Waals surface area contributed by atoms with Gasteiger partial charge in [0.2, 0.25) is 10.0 Å². The first-order chi connectivity index (χ1) is 15.0. The Kier molecular flexibility index (Phi) is 6.88. The second kappa shape index (κ2) is 9.50. The Balaban J connectivity index is 1.17. The first-order valence-corrected chi connectivity index (χ1v) is 14.0. The Bertz CT molecular complexity index is 715. The lowest BCUT2D eigenvalue weighted by Crippen LogP contribution is -2.57. The Morgan fingerprint density at radius 3 is 2.65 bits per heavy atom. The number of hydrogen-bond donors (Lipinski definition) is 4. The summed E-state index contributed by atoms with van der Waals surface area (Å²) in [5.41, 5.74) is 6.80. The van der Waals surface area contributed by atoms with Gasteiger partial charge >= 0.3 is 0 Å². The maximum absolute atomic E-state index is 13.3. The van der Waals surface area contributed by atoms with Crippen LogP contribution < -0.4 is 20.9 Å². The van der Waals surface area contributed by atoms with Crippen LogP contribution in [0.2, 0.25) is 0 Å². The van der Waals surface area contributed by atoms with Crippen molar-refractivity contribution in [1.82, 2.24) is 35.8 Å². The summed E-state index contributed by atoms with van der Waals surface area (Å²) in [6, 6.07) is 0.889. The van der Waals surface area contributed by atoms with Crippen molar-refractivity contribution in [3.63, 3.8) is 0 Å². The summed E-state index contributed by atoms with van der Waals surface area (Å²) in [5, 5.41) is 7.52. The van der Waals surface area contributed by atoms with Crippen molar-refractivity contribution in [3.05, 3.63) is 0 Å². The van der Waals surface area contributed by atoms with Gasteiger partial charge in [0.25, 0.3) is 0 Å². The predicted molar refractivity (Wildman–Crippen MR) is 121 cm³/mol. The van der Waals surface area contributed by atoms with E-state index in [0.717, 1.165) is 32.4 Å². The van der Waals surface area contributed by atoms with Crippen LogP contribution in [-0.4, -0.2) is 99.2 Å². The zero-order chi connectivity index (χ0) is 21.4. The van der Waals surface area contributed by atoms with Gasteiger partial charge < -0.3 is 10.2 Å². The number of hydrazine groups is 2. The average molecular weight is 456 g/mol. The monoisotopic (exact) mass is 455 g/mol. The van der Waals surface area contributed by atoms with Crippen LogP contribution in [0.25, 0.3) is 0 Å². The van der Waals surface area contributed by atoms with Gasteiger partial charge in [-0.25, -0.2) is 23.2 Å². The van der Waals surface area contributed by atoms with Gasteiger partial charge in [0.1, 0.15) is 5.25 Å². The molecular weight excluding hydrogens is 414 g/mol. The minimum atomic E-state index is -3.37. The summed E-state index contributed by atoms with van der Waals surface area (Å²) in [4.78, 5) is 2.66. The van der Waals surface area contributed by atoms with E-state index >= 15 is 0 Å². The van der Waals surface area contributed by atoms with E-state index in [1.54, 1.807) is 0 Å². The van der Waals surface area contributed by atoms with E-state index in [0.29, 0.717) is 25.0 Å². The van der Waals surface area contributed by atoms with E-state index in [9.17, 15) is 8.42 Å². The third-order valence-corrected chi connectivity index (χ3v) is 10.2. The molecule has 31 heavy (non-hydrogen) atoms. The Morgan fingerprint density at radius 2 is 1.81 bits per heavy atom. The van der Waals surface area contributed by atoms with Crippen LogP contribution in [0, 0.1) is 5.92 Å². The minimum Gasteiger partial charge on any atom is -0.301 e. The quantitative estimate of drug-likeness (QED) is 0.447. The number of rotatable bonds is 5. The van der Waals surface area contributed by atoms with Crippen molar-refractivity contribution < 1.29 is 8.42 Å². The van der Waals surface area contributed by atoms with E-state index in [1.807, 2.05) is 7.05 Å². The fourth-order valence-electron chi connectivity index (χ4n) is 6.62. The maximum atomic E-state index is 13.3. The van der Waals surface area contributed by atoms with Gasteiger partial charge in [-0.3, -0.25) is 10.9 Å². The molecule has 6 atom stereocenters. The van der Waals surface area contributed by atoms with Crippen molar-refractivity contribution in [2.75, 3.05) is 46.3 Å². The molecule has 0 aromatic rings. The average Bonchev–Trinajstić information content (AvgIpc) is 3.43. The summed E-state index contributed by atoms with van der Waals surface area (Å²) >= 11 is 0. The summed E-state index contributed by atoms with van der Waals surface area (Å²) < 4.78 is 29.7. The van der Waals surface area contributed by atoms with E-state index in [-0.39, 0.29) is 18.2 Å². The summed E-state index contributed by atoms with van der Waals surface area (Å²) in [6.45, 7) is 5.45. The number of sulfonamides is 1. The van der Waals surface area contributed by atoms with Crippen LogP contribution in [0.5, 0.6) is 0 Å². The molecule has 0 amide bonds. The normalized spacial score (nSPS) is 41.5. The summed E-state index contributed by atoms with van der Waals surface area (Å²) in [6.07, 6.45) is 9.68.